The third-order valence-corrected chi connectivity index (χ3v) is 2.30. The molecule has 0 saturated carbocycles. The number of hydrogen-bond donors (Lipinski definition) is 3. The van der Waals surface area contributed by atoms with E-state index in [9.17, 15) is 4.79 Å². The molecule has 0 aliphatic carbocycles. The van der Waals surface area contributed by atoms with Gasteiger partial charge in [0, 0.05) is 20.3 Å². The molecule has 1 fully saturated rings. The molecule has 1 unspecified atom stereocenters. The van der Waals surface area contributed by atoms with Crippen LogP contribution in [0.5, 0.6) is 0 Å². The van der Waals surface area contributed by atoms with E-state index in [1.54, 1.807) is 20.3 Å². The van der Waals surface area contributed by atoms with Crippen molar-refractivity contribution < 1.29 is 4.79 Å². The highest BCUT2D eigenvalue weighted by Gasteiger charge is 2.27. The van der Waals surface area contributed by atoms with Gasteiger partial charge in [0.25, 0.3) is 0 Å². The maximum atomic E-state index is 11.6. The molecular formula is C9H16N4O. The molecule has 5 nitrogen and oxygen atoms in total. The van der Waals surface area contributed by atoms with Crippen molar-refractivity contribution in [1.29, 1.82) is 5.41 Å². The summed E-state index contributed by atoms with van der Waals surface area (Å²) in [6, 6.07) is -0.483. The molecular weight excluding hydrogens is 180 g/mol. The average molecular weight is 196 g/mol. The molecule has 4 N–H and O–H groups in total. The number of hydrogen-bond acceptors (Lipinski definition) is 4. The molecule has 0 aromatic heterocycles. The maximum absolute atomic E-state index is 11.6. The van der Waals surface area contributed by atoms with Gasteiger partial charge in [-0.2, -0.15) is 0 Å². The molecule has 1 saturated heterocycles. The SMILES string of the molecule is CN/C=C1\C(=N)CCC(N)C(=O)N1C. The summed E-state index contributed by atoms with van der Waals surface area (Å²) in [5.41, 5.74) is 6.70. The minimum absolute atomic E-state index is 0.131. The molecule has 5 heteroatoms. The van der Waals surface area contributed by atoms with E-state index in [1.807, 2.05) is 0 Å². The summed E-state index contributed by atoms with van der Waals surface area (Å²) in [5.74, 6) is -0.131. The smallest absolute Gasteiger partial charge is 0.243 e. The average Bonchev–Trinajstić information content (AvgIpc) is 2.25. The third kappa shape index (κ3) is 1.93. The Morgan fingerprint density at radius 1 is 1.71 bits per heavy atom. The zero-order chi connectivity index (χ0) is 10.7. The Hall–Kier alpha value is -1.36. The fraction of sp³-hybridized carbons (Fsp3) is 0.556. The second-order valence-electron chi connectivity index (χ2n) is 3.34. The van der Waals surface area contributed by atoms with Crippen LogP contribution in [-0.4, -0.2) is 36.7 Å². The zero-order valence-corrected chi connectivity index (χ0v) is 8.50. The number of likely N-dealkylation sites (tertiary alicyclic amines) is 1. The first-order chi connectivity index (χ1) is 6.57. The van der Waals surface area contributed by atoms with Crippen molar-refractivity contribution in [3.63, 3.8) is 0 Å². The number of nitrogens with zero attached hydrogens (tertiary/aromatic N) is 1. The lowest BCUT2D eigenvalue weighted by atomic mass is 10.1. The summed E-state index contributed by atoms with van der Waals surface area (Å²) in [4.78, 5) is 13.1. The molecule has 1 aliphatic heterocycles. The molecule has 1 amide bonds. The highest BCUT2D eigenvalue weighted by Crippen LogP contribution is 2.15. The number of amides is 1. The Morgan fingerprint density at radius 3 is 2.93 bits per heavy atom. The van der Waals surface area contributed by atoms with Gasteiger partial charge < -0.3 is 21.4 Å². The molecule has 78 valence electrons. The Labute approximate surface area is 83.5 Å². The second-order valence-corrected chi connectivity index (χ2v) is 3.34. The van der Waals surface area contributed by atoms with Gasteiger partial charge in [0.05, 0.1) is 17.5 Å². The van der Waals surface area contributed by atoms with Gasteiger partial charge in [-0.05, 0) is 12.8 Å². The monoisotopic (exact) mass is 196 g/mol. The van der Waals surface area contributed by atoms with Crippen molar-refractivity contribution >= 4 is 11.6 Å². The van der Waals surface area contributed by atoms with Crippen LogP contribution in [0.2, 0.25) is 0 Å². The molecule has 0 radical (unpaired) electrons. The molecule has 0 bridgehead atoms. The molecule has 0 aromatic carbocycles. The molecule has 0 aromatic rings. The molecule has 1 aliphatic rings. The number of rotatable bonds is 1. The predicted octanol–water partition coefficient (Wildman–Crippen LogP) is -0.354. The lowest BCUT2D eigenvalue weighted by Crippen LogP contribution is -2.39. The Balaban J connectivity index is 2.98. The second kappa shape index (κ2) is 4.23. The van der Waals surface area contributed by atoms with E-state index in [4.69, 9.17) is 11.1 Å². The largest absolute Gasteiger partial charge is 0.392 e. The Bertz CT molecular complexity index is 285. The predicted molar refractivity (Wildman–Crippen MR) is 54.8 cm³/mol. The van der Waals surface area contributed by atoms with Gasteiger partial charge >= 0.3 is 0 Å². The number of nitrogens with one attached hydrogen (secondary N) is 2. The first-order valence-electron chi connectivity index (χ1n) is 4.56. The van der Waals surface area contributed by atoms with E-state index < -0.39 is 6.04 Å². The van der Waals surface area contributed by atoms with Gasteiger partial charge in [0.1, 0.15) is 0 Å². The molecule has 1 rings (SSSR count). The first kappa shape index (κ1) is 10.7. The fourth-order valence-electron chi connectivity index (χ4n) is 1.44. The van der Waals surface area contributed by atoms with E-state index in [2.05, 4.69) is 5.32 Å². The number of allylic oxidation sites excluding steroid dienone is 1. The highest BCUT2D eigenvalue weighted by molar-refractivity contribution is 6.03. The fourth-order valence-corrected chi connectivity index (χ4v) is 1.44. The van der Waals surface area contributed by atoms with Crippen LogP contribution in [0.25, 0.3) is 0 Å². The van der Waals surface area contributed by atoms with Crippen molar-refractivity contribution in [3.8, 4) is 0 Å². The van der Waals surface area contributed by atoms with E-state index >= 15 is 0 Å². The Kier molecular flexibility index (Phi) is 3.24. The van der Waals surface area contributed by atoms with Crippen LogP contribution in [0.3, 0.4) is 0 Å². The van der Waals surface area contributed by atoms with Crippen LogP contribution < -0.4 is 11.1 Å². The van der Waals surface area contributed by atoms with Crippen molar-refractivity contribution in [1.82, 2.24) is 10.2 Å². The minimum atomic E-state index is -0.483. The van der Waals surface area contributed by atoms with Crippen LogP contribution in [0, 0.1) is 5.41 Å². The number of likely N-dealkylation sites (N-methyl/N-ethyl adjacent to an activating group) is 1. The van der Waals surface area contributed by atoms with Gasteiger partial charge in [0.2, 0.25) is 5.91 Å². The summed E-state index contributed by atoms with van der Waals surface area (Å²) in [6.07, 6.45) is 2.74. The third-order valence-electron chi connectivity index (χ3n) is 2.30. The van der Waals surface area contributed by atoms with Crippen LogP contribution in [0.15, 0.2) is 11.9 Å². The summed E-state index contributed by atoms with van der Waals surface area (Å²) in [5, 5.41) is 10.6. The van der Waals surface area contributed by atoms with E-state index in [-0.39, 0.29) is 5.91 Å². The first-order valence-corrected chi connectivity index (χ1v) is 4.56. The van der Waals surface area contributed by atoms with Crippen LogP contribution in [0.4, 0.5) is 0 Å². The lowest BCUT2D eigenvalue weighted by molar-refractivity contribution is -0.129. The van der Waals surface area contributed by atoms with Crippen LogP contribution >= 0.6 is 0 Å². The van der Waals surface area contributed by atoms with Gasteiger partial charge in [-0.1, -0.05) is 0 Å². The highest BCUT2D eigenvalue weighted by atomic mass is 16.2. The number of nitrogens with two attached hydrogens (primary N) is 1. The quantitative estimate of drug-likeness (QED) is 0.536. The molecule has 1 heterocycles. The van der Waals surface area contributed by atoms with Crippen LogP contribution in [0.1, 0.15) is 12.8 Å². The van der Waals surface area contributed by atoms with Gasteiger partial charge in [-0.25, -0.2) is 0 Å². The van der Waals surface area contributed by atoms with Crippen molar-refractivity contribution in [2.24, 2.45) is 5.73 Å². The normalized spacial score (nSPS) is 26.6. The summed E-state index contributed by atoms with van der Waals surface area (Å²) >= 11 is 0. The topological polar surface area (TPSA) is 82.2 Å². The van der Waals surface area contributed by atoms with E-state index in [0.29, 0.717) is 24.3 Å². The van der Waals surface area contributed by atoms with E-state index in [1.165, 1.54) is 4.90 Å². The molecule has 1 atom stereocenters. The Morgan fingerprint density at radius 2 is 2.36 bits per heavy atom. The zero-order valence-electron chi connectivity index (χ0n) is 8.50. The number of carbonyl (C=O) groups is 1. The van der Waals surface area contributed by atoms with Crippen LogP contribution in [-0.2, 0) is 4.79 Å². The number of carbonyl (C=O) groups excluding carboxylic acids is 1. The van der Waals surface area contributed by atoms with Gasteiger partial charge in [-0.15, -0.1) is 0 Å². The van der Waals surface area contributed by atoms with Gasteiger partial charge in [-0.3, -0.25) is 4.79 Å². The summed E-state index contributed by atoms with van der Waals surface area (Å²) in [6.45, 7) is 0. The van der Waals surface area contributed by atoms with Crippen molar-refractivity contribution in [3.05, 3.63) is 11.9 Å². The van der Waals surface area contributed by atoms with Crippen molar-refractivity contribution in [2.45, 2.75) is 18.9 Å². The summed E-state index contributed by atoms with van der Waals surface area (Å²) < 4.78 is 0. The van der Waals surface area contributed by atoms with Gasteiger partial charge in [0.15, 0.2) is 0 Å². The molecule has 0 spiro atoms. The minimum Gasteiger partial charge on any atom is -0.392 e. The maximum Gasteiger partial charge on any atom is 0.243 e. The lowest BCUT2D eigenvalue weighted by Gasteiger charge is -2.19. The summed E-state index contributed by atoms with van der Waals surface area (Å²) in [7, 11) is 3.38. The van der Waals surface area contributed by atoms with E-state index in [0.717, 1.165) is 0 Å². The molecule has 14 heavy (non-hydrogen) atoms. The van der Waals surface area contributed by atoms with Crippen molar-refractivity contribution in [2.75, 3.05) is 14.1 Å². The standard InChI is InChI=1S/C9H16N4O/c1-12-5-8-6(10)3-4-7(11)9(14)13(8)2/h5,7,10,12H,3-4,11H2,1-2H3/b8-5+,10-6?.